The minimum atomic E-state index is -1.15. The van der Waals surface area contributed by atoms with E-state index in [4.69, 9.17) is 5.11 Å². The largest absolute Gasteiger partial charge is 0.480 e. The van der Waals surface area contributed by atoms with E-state index in [0.29, 0.717) is 6.54 Å². The lowest BCUT2D eigenvalue weighted by molar-refractivity contribution is -0.143. The highest BCUT2D eigenvalue weighted by atomic mass is 16.5. The summed E-state index contributed by atoms with van der Waals surface area (Å²) in [6, 6.07) is -0.181. The monoisotopic (exact) mass is 272 g/mol. The maximum atomic E-state index is 11.9. The van der Waals surface area contributed by atoms with Gasteiger partial charge in [-0.2, -0.15) is 0 Å². The summed E-state index contributed by atoms with van der Waals surface area (Å²) in [6.07, 6.45) is 3.82. The standard InChI is InChI=1S/C12H20N2O5/c1-2-3-6-14(9-4-5-9)12(18)13-10(15)7-19-8-11(16)17/h9H,2-8H2,1H3,(H,16,17)(H,13,15,18). The van der Waals surface area contributed by atoms with E-state index in [9.17, 15) is 14.4 Å². The number of nitrogens with one attached hydrogen (secondary N) is 1. The fourth-order valence-electron chi connectivity index (χ4n) is 1.62. The van der Waals surface area contributed by atoms with E-state index in [2.05, 4.69) is 10.1 Å². The van der Waals surface area contributed by atoms with Crippen LogP contribution in [0, 0.1) is 0 Å². The first-order chi connectivity index (χ1) is 9.04. The quantitative estimate of drug-likeness (QED) is 0.674. The van der Waals surface area contributed by atoms with Crippen molar-refractivity contribution in [3.63, 3.8) is 0 Å². The fraction of sp³-hybridized carbons (Fsp3) is 0.750. The first kappa shape index (κ1) is 15.4. The third-order valence-electron chi connectivity index (χ3n) is 2.71. The van der Waals surface area contributed by atoms with Crippen LogP contribution in [0.3, 0.4) is 0 Å². The van der Waals surface area contributed by atoms with E-state index in [1.54, 1.807) is 4.90 Å². The van der Waals surface area contributed by atoms with Crippen molar-refractivity contribution < 1.29 is 24.2 Å². The van der Waals surface area contributed by atoms with Gasteiger partial charge in [-0.25, -0.2) is 9.59 Å². The van der Waals surface area contributed by atoms with Crippen LogP contribution in [-0.2, 0) is 14.3 Å². The number of amides is 3. The Morgan fingerprint density at radius 1 is 1.32 bits per heavy atom. The van der Waals surface area contributed by atoms with Gasteiger partial charge in [-0.3, -0.25) is 10.1 Å². The number of unbranched alkanes of at least 4 members (excludes halogenated alkanes) is 1. The van der Waals surface area contributed by atoms with Crippen molar-refractivity contribution in [1.82, 2.24) is 10.2 Å². The molecule has 0 saturated heterocycles. The molecule has 3 amide bonds. The molecule has 0 unspecified atom stereocenters. The smallest absolute Gasteiger partial charge is 0.329 e. The zero-order valence-electron chi connectivity index (χ0n) is 11.1. The van der Waals surface area contributed by atoms with Gasteiger partial charge in [0, 0.05) is 12.6 Å². The summed E-state index contributed by atoms with van der Waals surface area (Å²) in [6.45, 7) is 1.69. The van der Waals surface area contributed by atoms with E-state index in [1.165, 1.54) is 0 Å². The van der Waals surface area contributed by atoms with Crippen LogP contribution in [0.25, 0.3) is 0 Å². The number of urea groups is 1. The summed E-state index contributed by atoms with van der Waals surface area (Å²) < 4.78 is 4.61. The summed E-state index contributed by atoms with van der Waals surface area (Å²) in [5.74, 6) is -1.77. The van der Waals surface area contributed by atoms with Crippen LogP contribution in [0.5, 0.6) is 0 Å². The molecule has 0 aromatic rings. The molecule has 0 aromatic heterocycles. The number of carbonyl (C=O) groups excluding carboxylic acids is 2. The molecule has 0 aromatic carbocycles. The van der Waals surface area contributed by atoms with Gasteiger partial charge in [0.2, 0.25) is 0 Å². The Labute approximate surface area is 111 Å². The van der Waals surface area contributed by atoms with Crippen molar-refractivity contribution in [3.8, 4) is 0 Å². The van der Waals surface area contributed by atoms with Crippen LogP contribution < -0.4 is 5.32 Å². The van der Waals surface area contributed by atoms with Gasteiger partial charge in [0.05, 0.1) is 0 Å². The third-order valence-corrected chi connectivity index (χ3v) is 2.71. The van der Waals surface area contributed by atoms with Crippen LogP contribution in [0.4, 0.5) is 4.79 Å². The average Bonchev–Trinajstić information content (AvgIpc) is 3.13. The number of carboxylic acids is 1. The zero-order valence-corrected chi connectivity index (χ0v) is 11.1. The summed E-state index contributed by atoms with van der Waals surface area (Å²) in [4.78, 5) is 35.1. The van der Waals surface area contributed by atoms with Gasteiger partial charge < -0.3 is 14.7 Å². The topological polar surface area (TPSA) is 95.9 Å². The molecule has 1 saturated carbocycles. The summed E-state index contributed by atoms with van der Waals surface area (Å²) in [7, 11) is 0. The Morgan fingerprint density at radius 3 is 2.53 bits per heavy atom. The van der Waals surface area contributed by atoms with Crippen molar-refractivity contribution >= 4 is 17.9 Å². The Kier molecular flexibility index (Phi) is 6.27. The molecule has 1 aliphatic rings. The SMILES string of the molecule is CCCCN(C(=O)NC(=O)COCC(=O)O)C1CC1. The number of hydrogen-bond acceptors (Lipinski definition) is 4. The van der Waals surface area contributed by atoms with E-state index in [-0.39, 0.29) is 6.04 Å². The van der Waals surface area contributed by atoms with Crippen molar-refractivity contribution in [2.24, 2.45) is 0 Å². The van der Waals surface area contributed by atoms with Gasteiger partial charge in [0.25, 0.3) is 5.91 Å². The molecule has 0 bridgehead atoms. The molecule has 0 atom stereocenters. The Hall–Kier alpha value is -1.63. The average molecular weight is 272 g/mol. The van der Waals surface area contributed by atoms with Crippen molar-refractivity contribution in [2.75, 3.05) is 19.8 Å². The number of nitrogens with zero attached hydrogens (tertiary/aromatic N) is 1. The Balaban J connectivity index is 2.30. The minimum Gasteiger partial charge on any atom is -0.480 e. The van der Waals surface area contributed by atoms with E-state index in [0.717, 1.165) is 25.7 Å². The summed E-state index contributed by atoms with van der Waals surface area (Å²) >= 11 is 0. The van der Waals surface area contributed by atoms with Crippen LogP contribution in [0.15, 0.2) is 0 Å². The molecule has 1 fully saturated rings. The van der Waals surface area contributed by atoms with E-state index < -0.39 is 31.1 Å². The minimum absolute atomic E-state index is 0.235. The maximum Gasteiger partial charge on any atom is 0.329 e. The lowest BCUT2D eigenvalue weighted by Crippen LogP contribution is -2.45. The second kappa shape index (κ2) is 7.73. The molecule has 19 heavy (non-hydrogen) atoms. The van der Waals surface area contributed by atoms with Gasteiger partial charge in [-0.1, -0.05) is 13.3 Å². The number of hydrogen-bond donors (Lipinski definition) is 2. The first-order valence-corrected chi connectivity index (χ1v) is 6.44. The molecule has 0 aliphatic heterocycles. The molecule has 1 rings (SSSR count). The number of carboxylic acid groups (broad SMARTS) is 1. The normalized spacial score (nSPS) is 13.9. The summed E-state index contributed by atoms with van der Waals surface area (Å²) in [5.41, 5.74) is 0. The van der Waals surface area contributed by atoms with Crippen molar-refractivity contribution in [3.05, 3.63) is 0 Å². The Morgan fingerprint density at radius 2 is 2.00 bits per heavy atom. The molecule has 7 heteroatoms. The number of ether oxygens (including phenoxy) is 1. The molecule has 0 spiro atoms. The highest BCUT2D eigenvalue weighted by Gasteiger charge is 2.32. The molecule has 1 aliphatic carbocycles. The van der Waals surface area contributed by atoms with Gasteiger partial charge >= 0.3 is 12.0 Å². The van der Waals surface area contributed by atoms with Gasteiger partial charge in [-0.15, -0.1) is 0 Å². The van der Waals surface area contributed by atoms with Crippen molar-refractivity contribution in [1.29, 1.82) is 0 Å². The second-order valence-corrected chi connectivity index (χ2v) is 4.52. The van der Waals surface area contributed by atoms with Crippen molar-refractivity contribution in [2.45, 2.75) is 38.6 Å². The fourth-order valence-corrected chi connectivity index (χ4v) is 1.62. The number of aliphatic carboxylic acids is 1. The van der Waals surface area contributed by atoms with Crippen LogP contribution >= 0.6 is 0 Å². The molecule has 2 N–H and O–H groups in total. The lowest BCUT2D eigenvalue weighted by Gasteiger charge is -2.22. The van der Waals surface area contributed by atoms with E-state index in [1.807, 2.05) is 6.92 Å². The van der Waals surface area contributed by atoms with E-state index >= 15 is 0 Å². The number of carbonyl (C=O) groups is 3. The molecule has 0 heterocycles. The molecular weight excluding hydrogens is 252 g/mol. The number of imide groups is 1. The maximum absolute atomic E-state index is 11.9. The highest BCUT2D eigenvalue weighted by molar-refractivity contribution is 5.95. The molecule has 108 valence electrons. The van der Waals surface area contributed by atoms with Gasteiger partial charge in [0.15, 0.2) is 0 Å². The predicted molar refractivity (Wildman–Crippen MR) is 66.6 cm³/mol. The molecular formula is C12H20N2O5. The summed E-state index contributed by atoms with van der Waals surface area (Å²) in [5, 5.41) is 10.6. The Bertz CT molecular complexity index is 341. The lowest BCUT2D eigenvalue weighted by atomic mass is 10.3. The van der Waals surface area contributed by atoms with Gasteiger partial charge in [0.1, 0.15) is 13.2 Å². The predicted octanol–water partition coefficient (Wildman–Crippen LogP) is 0.588. The zero-order chi connectivity index (χ0) is 14.3. The molecule has 0 radical (unpaired) electrons. The van der Waals surface area contributed by atoms with Crippen LogP contribution in [-0.4, -0.2) is 53.7 Å². The van der Waals surface area contributed by atoms with Gasteiger partial charge in [-0.05, 0) is 19.3 Å². The molecule has 7 nitrogen and oxygen atoms in total. The second-order valence-electron chi connectivity index (χ2n) is 4.52. The highest BCUT2D eigenvalue weighted by Crippen LogP contribution is 2.27. The van der Waals surface area contributed by atoms with Crippen LogP contribution in [0.1, 0.15) is 32.6 Å². The number of rotatable bonds is 8. The first-order valence-electron chi connectivity index (χ1n) is 6.44. The van der Waals surface area contributed by atoms with Crippen LogP contribution in [0.2, 0.25) is 0 Å². The third kappa shape index (κ3) is 6.19.